The first-order valence-corrected chi connectivity index (χ1v) is 7.25. The van der Waals surface area contributed by atoms with Gasteiger partial charge in [0.2, 0.25) is 0 Å². The van der Waals surface area contributed by atoms with Gasteiger partial charge in [-0.2, -0.15) is 0 Å². The van der Waals surface area contributed by atoms with Gasteiger partial charge in [-0.1, -0.05) is 58.0 Å². The number of rotatable bonds is 4. The third-order valence-corrected chi connectivity index (χ3v) is 4.60. The first-order chi connectivity index (χ1) is 8.47. The van der Waals surface area contributed by atoms with Crippen molar-refractivity contribution < 1.29 is 0 Å². The fourth-order valence-corrected chi connectivity index (χ4v) is 2.43. The molecule has 0 heterocycles. The minimum atomic E-state index is 0.412. The Morgan fingerprint density at radius 1 is 1.17 bits per heavy atom. The van der Waals surface area contributed by atoms with E-state index in [4.69, 9.17) is 0 Å². The summed E-state index contributed by atoms with van der Waals surface area (Å²) in [6.45, 7) is 10.5. The zero-order valence-corrected chi connectivity index (χ0v) is 12.2. The molecule has 0 bridgehead atoms. The monoisotopic (exact) mass is 245 g/mol. The van der Waals surface area contributed by atoms with Gasteiger partial charge >= 0.3 is 0 Å². The van der Waals surface area contributed by atoms with E-state index in [9.17, 15) is 0 Å². The van der Waals surface area contributed by atoms with Crippen LogP contribution in [-0.2, 0) is 0 Å². The van der Waals surface area contributed by atoms with Crippen LogP contribution in [0.25, 0.3) is 0 Å². The normalized spacial score (nSPS) is 25.6. The van der Waals surface area contributed by atoms with Crippen molar-refractivity contribution in [3.63, 3.8) is 0 Å². The maximum absolute atomic E-state index is 3.73. The molecule has 1 heteroatoms. The minimum absolute atomic E-state index is 0.412. The molecule has 0 aromatic heterocycles. The molecular weight excluding hydrogens is 218 g/mol. The lowest BCUT2D eigenvalue weighted by Gasteiger charge is -2.38. The van der Waals surface area contributed by atoms with Crippen LogP contribution in [0.2, 0.25) is 0 Å². The van der Waals surface area contributed by atoms with E-state index < -0.39 is 0 Å². The Kier molecular flexibility index (Phi) is 4.11. The Balaban J connectivity index is 1.71. The maximum atomic E-state index is 3.73. The number of nitrogens with one attached hydrogen (secondary N) is 1. The lowest BCUT2D eigenvalue weighted by Crippen LogP contribution is -2.43. The Morgan fingerprint density at radius 3 is 2.33 bits per heavy atom. The summed E-state index contributed by atoms with van der Waals surface area (Å²) in [6.07, 6.45) is 2.61. The van der Waals surface area contributed by atoms with Crippen LogP contribution in [0.4, 0.5) is 0 Å². The van der Waals surface area contributed by atoms with Crippen molar-refractivity contribution in [2.75, 3.05) is 6.54 Å². The molecule has 1 aliphatic carbocycles. The van der Waals surface area contributed by atoms with Crippen molar-refractivity contribution in [3.05, 3.63) is 35.9 Å². The average Bonchev–Trinajstić information content (AvgIpc) is 2.26. The van der Waals surface area contributed by atoms with Gasteiger partial charge < -0.3 is 5.32 Å². The van der Waals surface area contributed by atoms with Crippen molar-refractivity contribution >= 4 is 0 Å². The Morgan fingerprint density at radius 2 is 1.78 bits per heavy atom. The molecule has 1 aromatic rings. The highest BCUT2D eigenvalue weighted by atomic mass is 14.9. The minimum Gasteiger partial charge on any atom is -0.314 e. The highest BCUT2D eigenvalue weighted by Crippen LogP contribution is 2.37. The molecule has 1 unspecified atom stereocenters. The highest BCUT2D eigenvalue weighted by Gasteiger charge is 2.30. The molecule has 2 rings (SSSR count). The molecule has 18 heavy (non-hydrogen) atoms. The van der Waals surface area contributed by atoms with E-state index in [1.165, 1.54) is 18.4 Å². The van der Waals surface area contributed by atoms with Crippen LogP contribution in [0.5, 0.6) is 0 Å². The standard InChI is InChI=1S/C17H27N/c1-13(17(2,3)4)12-18-16-10-15(11-16)14-8-6-5-7-9-14/h5-9,13,15-16,18H,10-12H2,1-4H3. The SMILES string of the molecule is CC(CNC1CC(c2ccccc2)C1)C(C)(C)C. The predicted molar refractivity (Wildman–Crippen MR) is 78.8 cm³/mol. The van der Waals surface area contributed by atoms with Gasteiger partial charge in [-0.25, -0.2) is 0 Å². The quantitative estimate of drug-likeness (QED) is 0.838. The fraction of sp³-hybridized carbons (Fsp3) is 0.647. The van der Waals surface area contributed by atoms with Crippen molar-refractivity contribution in [3.8, 4) is 0 Å². The Hall–Kier alpha value is -0.820. The second-order valence-corrected chi connectivity index (χ2v) is 6.95. The fourth-order valence-electron chi connectivity index (χ4n) is 2.43. The van der Waals surface area contributed by atoms with Gasteiger partial charge in [0, 0.05) is 6.04 Å². The molecule has 0 radical (unpaired) electrons. The van der Waals surface area contributed by atoms with E-state index in [1.807, 2.05) is 0 Å². The number of hydrogen-bond donors (Lipinski definition) is 1. The molecule has 1 aliphatic rings. The van der Waals surface area contributed by atoms with Gasteiger partial charge in [-0.3, -0.25) is 0 Å². The Labute approximate surface area is 112 Å². The van der Waals surface area contributed by atoms with E-state index in [1.54, 1.807) is 0 Å². The van der Waals surface area contributed by atoms with E-state index in [0.29, 0.717) is 5.41 Å². The van der Waals surface area contributed by atoms with E-state index in [-0.39, 0.29) is 0 Å². The van der Waals surface area contributed by atoms with Crippen molar-refractivity contribution in [1.82, 2.24) is 5.32 Å². The van der Waals surface area contributed by atoms with Gasteiger partial charge in [0.05, 0.1) is 0 Å². The van der Waals surface area contributed by atoms with Crippen molar-refractivity contribution in [2.24, 2.45) is 11.3 Å². The summed E-state index contributed by atoms with van der Waals surface area (Å²) in [5, 5.41) is 3.73. The molecule has 0 spiro atoms. The smallest absolute Gasteiger partial charge is 0.00788 e. The van der Waals surface area contributed by atoms with E-state index in [2.05, 4.69) is 63.3 Å². The summed E-state index contributed by atoms with van der Waals surface area (Å²) in [6, 6.07) is 11.7. The van der Waals surface area contributed by atoms with E-state index in [0.717, 1.165) is 24.4 Å². The van der Waals surface area contributed by atoms with Gasteiger partial charge in [-0.05, 0) is 42.2 Å². The van der Waals surface area contributed by atoms with Crippen LogP contribution in [-0.4, -0.2) is 12.6 Å². The van der Waals surface area contributed by atoms with Crippen LogP contribution >= 0.6 is 0 Å². The summed E-state index contributed by atoms with van der Waals surface area (Å²) in [5.41, 5.74) is 1.93. The van der Waals surface area contributed by atoms with Gasteiger partial charge in [0.25, 0.3) is 0 Å². The van der Waals surface area contributed by atoms with Crippen LogP contribution in [0.3, 0.4) is 0 Å². The third kappa shape index (κ3) is 3.35. The van der Waals surface area contributed by atoms with Gasteiger partial charge in [0.1, 0.15) is 0 Å². The molecule has 1 nitrogen and oxygen atoms in total. The zero-order valence-electron chi connectivity index (χ0n) is 12.2. The summed E-state index contributed by atoms with van der Waals surface area (Å²) in [7, 11) is 0. The lowest BCUT2D eigenvalue weighted by atomic mass is 9.75. The summed E-state index contributed by atoms with van der Waals surface area (Å²) >= 11 is 0. The molecule has 1 N–H and O–H groups in total. The molecule has 0 aliphatic heterocycles. The highest BCUT2D eigenvalue weighted by molar-refractivity contribution is 5.22. The largest absolute Gasteiger partial charge is 0.314 e. The second-order valence-electron chi connectivity index (χ2n) is 6.95. The van der Waals surface area contributed by atoms with Crippen molar-refractivity contribution in [1.29, 1.82) is 0 Å². The van der Waals surface area contributed by atoms with Crippen LogP contribution in [0, 0.1) is 11.3 Å². The van der Waals surface area contributed by atoms with Crippen molar-refractivity contribution in [2.45, 2.75) is 52.5 Å². The first-order valence-electron chi connectivity index (χ1n) is 7.25. The molecule has 0 amide bonds. The van der Waals surface area contributed by atoms with Crippen LogP contribution in [0.1, 0.15) is 52.0 Å². The van der Waals surface area contributed by atoms with Crippen LogP contribution in [0.15, 0.2) is 30.3 Å². The molecular formula is C17H27N. The third-order valence-electron chi connectivity index (χ3n) is 4.60. The van der Waals surface area contributed by atoms with Crippen LogP contribution < -0.4 is 5.32 Å². The molecule has 1 fully saturated rings. The predicted octanol–water partition coefficient (Wildman–Crippen LogP) is 4.20. The molecule has 1 saturated carbocycles. The summed E-state index contributed by atoms with van der Waals surface area (Å²) < 4.78 is 0. The van der Waals surface area contributed by atoms with Gasteiger partial charge in [-0.15, -0.1) is 0 Å². The summed E-state index contributed by atoms with van der Waals surface area (Å²) in [4.78, 5) is 0. The number of hydrogen-bond acceptors (Lipinski definition) is 1. The molecule has 1 aromatic carbocycles. The summed E-state index contributed by atoms with van der Waals surface area (Å²) in [5.74, 6) is 1.52. The topological polar surface area (TPSA) is 12.0 Å². The molecule has 1 atom stereocenters. The lowest BCUT2D eigenvalue weighted by molar-refractivity contribution is 0.215. The number of benzene rings is 1. The van der Waals surface area contributed by atoms with Gasteiger partial charge in [0.15, 0.2) is 0 Å². The first kappa shape index (κ1) is 13.6. The average molecular weight is 245 g/mol. The molecule has 100 valence electrons. The maximum Gasteiger partial charge on any atom is 0.00788 e. The zero-order chi connectivity index (χ0) is 13.2. The second kappa shape index (κ2) is 5.44. The Bertz CT molecular complexity index is 357. The van der Waals surface area contributed by atoms with E-state index >= 15 is 0 Å². The molecule has 0 saturated heterocycles.